The van der Waals surface area contributed by atoms with Crippen LogP contribution in [0.5, 0.6) is 0 Å². The third-order valence-corrected chi connectivity index (χ3v) is 5.08. The van der Waals surface area contributed by atoms with Gasteiger partial charge in [-0.3, -0.25) is 14.4 Å². The van der Waals surface area contributed by atoms with Crippen LogP contribution in [0.2, 0.25) is 0 Å². The van der Waals surface area contributed by atoms with E-state index in [-0.39, 0.29) is 24.0 Å². The van der Waals surface area contributed by atoms with E-state index in [0.29, 0.717) is 12.1 Å². The minimum absolute atomic E-state index is 0.0711. The van der Waals surface area contributed by atoms with E-state index in [9.17, 15) is 19.2 Å². The molecule has 1 aromatic heterocycles. The molecule has 32 heavy (non-hydrogen) atoms. The Labute approximate surface area is 193 Å². The van der Waals surface area contributed by atoms with Gasteiger partial charge in [-0.15, -0.1) is 0 Å². The van der Waals surface area contributed by atoms with Gasteiger partial charge in [0.15, 0.2) is 0 Å². The number of carboxylic acids is 1. The summed E-state index contributed by atoms with van der Waals surface area (Å²) in [4.78, 5) is 56.1. The highest BCUT2D eigenvalue weighted by atomic mass is 32.1. The van der Waals surface area contributed by atoms with Crippen LogP contribution in [0.3, 0.4) is 0 Å². The first-order chi connectivity index (χ1) is 15.0. The van der Waals surface area contributed by atoms with Crippen molar-refractivity contribution in [2.75, 3.05) is 5.75 Å². The molecule has 1 aromatic rings. The van der Waals surface area contributed by atoms with E-state index in [4.69, 9.17) is 10.8 Å². The Hall–Kier alpha value is -2.60. The zero-order valence-corrected chi connectivity index (χ0v) is 19.7. The van der Waals surface area contributed by atoms with Crippen molar-refractivity contribution in [1.29, 1.82) is 0 Å². The number of carbonyl (C=O) groups excluding carboxylic acids is 3. The van der Waals surface area contributed by atoms with E-state index in [2.05, 4.69) is 38.5 Å². The van der Waals surface area contributed by atoms with Crippen molar-refractivity contribution < 1.29 is 24.3 Å². The average molecular weight is 471 g/mol. The average Bonchev–Trinajstić information content (AvgIpc) is 3.21. The molecule has 4 atom stereocenters. The topological polar surface area (TPSA) is 179 Å². The predicted molar refractivity (Wildman–Crippen MR) is 122 cm³/mol. The number of carbonyl (C=O) groups is 4. The molecule has 0 aromatic carbocycles. The lowest BCUT2D eigenvalue weighted by Crippen LogP contribution is -2.59. The number of nitrogens with two attached hydrogens (primary N) is 1. The lowest BCUT2D eigenvalue weighted by atomic mass is 9.99. The summed E-state index contributed by atoms with van der Waals surface area (Å²) in [6, 6.07) is -3.98. The van der Waals surface area contributed by atoms with Gasteiger partial charge in [-0.2, -0.15) is 12.6 Å². The maximum absolute atomic E-state index is 13.0. The first-order valence-electron chi connectivity index (χ1n) is 10.4. The Balaban J connectivity index is 2.87. The molecule has 11 nitrogen and oxygen atoms in total. The molecule has 0 bridgehead atoms. The number of imidazole rings is 1. The molecule has 180 valence electrons. The molecule has 0 aliphatic heterocycles. The molecule has 0 aliphatic carbocycles. The number of aliphatic carboxylic acids is 1. The number of H-pyrrole nitrogens is 1. The highest BCUT2D eigenvalue weighted by Crippen LogP contribution is 2.09. The van der Waals surface area contributed by atoms with Gasteiger partial charge in [-0.25, -0.2) is 9.78 Å². The number of amides is 3. The largest absolute Gasteiger partial charge is 0.480 e. The summed E-state index contributed by atoms with van der Waals surface area (Å²) < 4.78 is 0. The SMILES string of the molecule is CC(C)CC(NC(=O)C(N)Cc1cnc[nH]1)C(=O)NC(C(=O)NC(CS)C(=O)O)C(C)C. The molecule has 0 radical (unpaired) electrons. The standard InChI is InChI=1S/C20H34N6O5S/c1-10(2)5-14(24-17(27)13(21)6-12-7-22-9-23-12)18(28)26-16(11(3)4)19(29)25-15(8-32)20(30)31/h7,9-11,13-16,32H,5-6,8,21H2,1-4H3,(H,22,23)(H,24,27)(H,25,29)(H,26,28)(H,30,31). The highest BCUT2D eigenvalue weighted by Gasteiger charge is 2.32. The first kappa shape index (κ1) is 27.4. The van der Waals surface area contributed by atoms with Gasteiger partial charge in [0.05, 0.1) is 12.4 Å². The van der Waals surface area contributed by atoms with Crippen LogP contribution < -0.4 is 21.7 Å². The maximum atomic E-state index is 13.0. The van der Waals surface area contributed by atoms with E-state index < -0.39 is 47.9 Å². The van der Waals surface area contributed by atoms with Crippen LogP contribution in [0.1, 0.15) is 39.8 Å². The molecule has 0 spiro atoms. The van der Waals surface area contributed by atoms with Crippen LogP contribution in [-0.2, 0) is 25.6 Å². The van der Waals surface area contributed by atoms with Crippen molar-refractivity contribution in [2.45, 2.75) is 64.7 Å². The minimum atomic E-state index is -1.22. The second-order valence-corrected chi connectivity index (χ2v) is 8.76. The number of carboxylic acid groups (broad SMARTS) is 1. The van der Waals surface area contributed by atoms with Gasteiger partial charge < -0.3 is 31.8 Å². The summed E-state index contributed by atoms with van der Waals surface area (Å²) in [7, 11) is 0. The number of aromatic amines is 1. The molecule has 12 heteroatoms. The van der Waals surface area contributed by atoms with E-state index in [0.717, 1.165) is 0 Å². The molecular formula is C20H34N6O5S. The highest BCUT2D eigenvalue weighted by molar-refractivity contribution is 7.80. The van der Waals surface area contributed by atoms with Crippen LogP contribution in [0.4, 0.5) is 0 Å². The van der Waals surface area contributed by atoms with Crippen molar-refractivity contribution in [1.82, 2.24) is 25.9 Å². The summed E-state index contributed by atoms with van der Waals surface area (Å²) in [6.07, 6.45) is 3.59. The molecule has 3 amide bonds. The van der Waals surface area contributed by atoms with E-state index >= 15 is 0 Å². The molecule has 1 heterocycles. The van der Waals surface area contributed by atoms with Crippen molar-refractivity contribution in [3.05, 3.63) is 18.2 Å². The second kappa shape index (κ2) is 13.1. The van der Waals surface area contributed by atoms with Crippen LogP contribution >= 0.6 is 12.6 Å². The monoisotopic (exact) mass is 470 g/mol. The number of hydrogen-bond donors (Lipinski definition) is 7. The maximum Gasteiger partial charge on any atom is 0.327 e. The van der Waals surface area contributed by atoms with Gasteiger partial charge in [-0.05, 0) is 18.3 Å². The van der Waals surface area contributed by atoms with E-state index in [1.54, 1.807) is 20.0 Å². The van der Waals surface area contributed by atoms with Crippen molar-refractivity contribution in [3.8, 4) is 0 Å². The Bertz CT molecular complexity index is 771. The molecule has 0 saturated carbocycles. The number of aromatic nitrogens is 2. The quantitative estimate of drug-likeness (QED) is 0.189. The molecule has 0 aliphatic rings. The molecule has 7 N–H and O–H groups in total. The minimum Gasteiger partial charge on any atom is -0.480 e. The van der Waals surface area contributed by atoms with Gasteiger partial charge in [0, 0.05) is 24.1 Å². The van der Waals surface area contributed by atoms with Crippen LogP contribution in [0, 0.1) is 11.8 Å². The fraction of sp³-hybridized carbons (Fsp3) is 0.650. The zero-order chi connectivity index (χ0) is 24.4. The third kappa shape index (κ3) is 8.87. The fourth-order valence-corrected chi connectivity index (χ4v) is 3.19. The zero-order valence-electron chi connectivity index (χ0n) is 18.8. The van der Waals surface area contributed by atoms with Gasteiger partial charge >= 0.3 is 5.97 Å². The van der Waals surface area contributed by atoms with Gasteiger partial charge in [-0.1, -0.05) is 27.7 Å². The number of nitrogens with one attached hydrogen (secondary N) is 4. The number of hydrogen-bond acceptors (Lipinski definition) is 7. The van der Waals surface area contributed by atoms with Crippen LogP contribution in [0.25, 0.3) is 0 Å². The molecule has 1 rings (SSSR count). The number of rotatable bonds is 13. The van der Waals surface area contributed by atoms with Crippen molar-refractivity contribution in [2.24, 2.45) is 17.6 Å². The van der Waals surface area contributed by atoms with Crippen molar-refractivity contribution in [3.63, 3.8) is 0 Å². The Morgan fingerprint density at radius 2 is 1.69 bits per heavy atom. The summed E-state index contributed by atoms with van der Waals surface area (Å²) in [6.45, 7) is 7.23. The number of thiol groups is 1. The smallest absolute Gasteiger partial charge is 0.327 e. The summed E-state index contributed by atoms with van der Waals surface area (Å²) in [5, 5.41) is 16.8. The van der Waals surface area contributed by atoms with E-state index in [1.165, 1.54) is 6.33 Å². The van der Waals surface area contributed by atoms with Crippen LogP contribution in [0.15, 0.2) is 12.5 Å². The van der Waals surface area contributed by atoms with Gasteiger partial charge in [0.1, 0.15) is 18.1 Å². The van der Waals surface area contributed by atoms with Crippen LogP contribution in [-0.4, -0.2) is 68.7 Å². The normalized spacial score (nSPS) is 15.0. The molecule has 4 unspecified atom stereocenters. The first-order valence-corrected chi connectivity index (χ1v) is 11.1. The predicted octanol–water partition coefficient (Wildman–Crippen LogP) is -0.550. The van der Waals surface area contributed by atoms with E-state index in [1.807, 2.05) is 13.8 Å². The van der Waals surface area contributed by atoms with Gasteiger partial charge in [0.2, 0.25) is 17.7 Å². The summed E-state index contributed by atoms with van der Waals surface area (Å²) >= 11 is 3.93. The fourth-order valence-electron chi connectivity index (χ4n) is 2.94. The molecular weight excluding hydrogens is 436 g/mol. The molecule has 0 saturated heterocycles. The third-order valence-electron chi connectivity index (χ3n) is 4.72. The molecule has 0 fully saturated rings. The number of nitrogens with zero attached hydrogens (tertiary/aromatic N) is 1. The second-order valence-electron chi connectivity index (χ2n) is 8.39. The lowest BCUT2D eigenvalue weighted by molar-refractivity contribution is -0.142. The van der Waals surface area contributed by atoms with Gasteiger partial charge in [0.25, 0.3) is 0 Å². The Morgan fingerprint density at radius 3 is 2.16 bits per heavy atom. The Morgan fingerprint density at radius 1 is 1.06 bits per heavy atom. The summed E-state index contributed by atoms with van der Waals surface area (Å²) in [5.41, 5.74) is 6.65. The van der Waals surface area contributed by atoms with Crippen molar-refractivity contribution >= 4 is 36.3 Å². The summed E-state index contributed by atoms with van der Waals surface area (Å²) in [5.74, 6) is -3.27. The lowest BCUT2D eigenvalue weighted by Gasteiger charge is -2.27. The Kier molecular flexibility index (Phi) is 11.2.